The molecule has 2 N–H and O–H groups in total. The van der Waals surface area contributed by atoms with Crippen molar-refractivity contribution in [1.82, 2.24) is 0 Å². The standard InChI is InChI=1S/C23H19ClN2O5S/c1-14-3-9-18(10-4-14)32(28,29)26-23(16-5-7-17(24)8-6-16)25-20-12-22-21(30-13-31-22)11-19(20)15(2)27/h3-12H,13H2,1-2H3,(H,25,26)/p+1. The summed E-state index contributed by atoms with van der Waals surface area (Å²) in [6.45, 7) is 3.34. The normalized spacial score (nSPS) is 13.2. The Hall–Kier alpha value is -3.36. The fourth-order valence-corrected chi connectivity index (χ4v) is 4.33. The van der Waals surface area contributed by atoms with E-state index in [0.717, 1.165) is 5.56 Å². The van der Waals surface area contributed by atoms with E-state index in [1.54, 1.807) is 48.5 Å². The van der Waals surface area contributed by atoms with Gasteiger partial charge in [0.2, 0.25) is 6.79 Å². The van der Waals surface area contributed by atoms with E-state index in [-0.39, 0.29) is 23.3 Å². The number of anilines is 1. The molecule has 0 spiro atoms. The number of Topliss-reactive ketones (excluding diaryl/α,β-unsaturated/α-hetero) is 1. The van der Waals surface area contributed by atoms with Gasteiger partial charge in [0.25, 0.3) is 5.84 Å². The average Bonchev–Trinajstić information content (AvgIpc) is 3.21. The predicted octanol–water partition coefficient (Wildman–Crippen LogP) is 2.91. The second-order valence-electron chi connectivity index (χ2n) is 7.23. The number of aryl methyl sites for hydroxylation is 1. The molecule has 1 heterocycles. The molecule has 32 heavy (non-hydrogen) atoms. The van der Waals surface area contributed by atoms with Crippen LogP contribution in [0.1, 0.15) is 28.4 Å². The first-order valence-corrected chi connectivity index (χ1v) is 11.5. The molecule has 0 fully saturated rings. The molecule has 0 radical (unpaired) electrons. The minimum Gasteiger partial charge on any atom is -0.454 e. The molecule has 0 atom stereocenters. The molecule has 1 aliphatic rings. The Kier molecular flexibility index (Phi) is 5.90. The molecule has 0 unspecified atom stereocenters. The third kappa shape index (κ3) is 4.61. The first-order valence-electron chi connectivity index (χ1n) is 9.67. The van der Waals surface area contributed by atoms with Crippen LogP contribution in [-0.4, -0.2) is 26.8 Å². The molecular formula is C23H20ClN2O5S+. The van der Waals surface area contributed by atoms with Crippen molar-refractivity contribution in [3.63, 3.8) is 0 Å². The van der Waals surface area contributed by atoms with Gasteiger partial charge in [-0.05, 0) is 56.3 Å². The van der Waals surface area contributed by atoms with Gasteiger partial charge in [-0.25, -0.2) is 5.32 Å². The lowest BCUT2D eigenvalue weighted by molar-refractivity contribution is -0.266. The van der Waals surface area contributed by atoms with Crippen molar-refractivity contribution in [2.24, 2.45) is 0 Å². The number of sulfonamides is 1. The zero-order chi connectivity index (χ0) is 22.9. The lowest BCUT2D eigenvalue weighted by Gasteiger charge is -2.09. The Balaban J connectivity index is 1.83. The van der Waals surface area contributed by atoms with Crippen molar-refractivity contribution in [2.45, 2.75) is 18.7 Å². The van der Waals surface area contributed by atoms with Crippen LogP contribution in [-0.2, 0) is 10.0 Å². The topological polar surface area (TPSA) is 95.7 Å². The molecule has 0 aliphatic carbocycles. The second kappa shape index (κ2) is 8.64. The molecule has 0 amide bonds. The highest BCUT2D eigenvalue weighted by molar-refractivity contribution is 7.84. The van der Waals surface area contributed by atoms with E-state index in [1.165, 1.54) is 19.1 Å². The number of rotatable bonds is 5. The van der Waals surface area contributed by atoms with Crippen molar-refractivity contribution in [2.75, 3.05) is 12.1 Å². The van der Waals surface area contributed by atoms with Crippen LogP contribution in [0, 0.1) is 6.92 Å². The Bertz CT molecular complexity index is 1320. The van der Waals surface area contributed by atoms with Gasteiger partial charge in [-0.2, -0.15) is 12.8 Å². The summed E-state index contributed by atoms with van der Waals surface area (Å²) < 4.78 is 39.5. The van der Waals surface area contributed by atoms with Gasteiger partial charge in [0.05, 0.1) is 11.1 Å². The monoisotopic (exact) mass is 471 g/mol. The Labute approximate surface area is 190 Å². The van der Waals surface area contributed by atoms with Gasteiger partial charge in [-0.15, -0.1) is 0 Å². The van der Waals surface area contributed by atoms with Gasteiger partial charge in [0.1, 0.15) is 10.6 Å². The van der Waals surface area contributed by atoms with E-state index < -0.39 is 10.0 Å². The van der Waals surface area contributed by atoms with Crippen LogP contribution in [0.3, 0.4) is 0 Å². The third-order valence-corrected chi connectivity index (χ3v) is 6.47. The second-order valence-corrected chi connectivity index (χ2v) is 9.35. The molecule has 0 saturated carbocycles. The quantitative estimate of drug-likeness (QED) is 0.337. The molecule has 3 aromatic rings. The Morgan fingerprint density at radius 1 is 1.00 bits per heavy atom. The number of nitrogens with one attached hydrogen (secondary N) is 2. The van der Waals surface area contributed by atoms with E-state index in [1.807, 2.05) is 6.92 Å². The SMILES string of the molecule is CC(=O)c1cc2c(cc1NC(=[NH+]S(=O)(=O)c1ccc(C)cc1)c1ccc(Cl)cc1)OCO2. The van der Waals surface area contributed by atoms with Crippen LogP contribution < -0.4 is 19.2 Å². The zero-order valence-corrected chi connectivity index (χ0v) is 18.9. The summed E-state index contributed by atoms with van der Waals surface area (Å²) >= 11 is 6.01. The summed E-state index contributed by atoms with van der Waals surface area (Å²) in [4.78, 5) is 12.4. The molecule has 1 aliphatic heterocycles. The molecule has 0 aromatic heterocycles. The summed E-state index contributed by atoms with van der Waals surface area (Å²) in [5.74, 6) is 0.842. The van der Waals surface area contributed by atoms with Gasteiger partial charge in [0.15, 0.2) is 17.3 Å². The Morgan fingerprint density at radius 3 is 2.25 bits per heavy atom. The number of hydrogen-bond acceptors (Lipinski definition) is 5. The molecule has 0 saturated heterocycles. The number of carbonyl (C=O) groups excluding carboxylic acids is 1. The number of halogens is 1. The molecule has 0 bridgehead atoms. The average molecular weight is 472 g/mol. The van der Waals surface area contributed by atoms with Crippen molar-refractivity contribution >= 4 is 38.9 Å². The van der Waals surface area contributed by atoms with Gasteiger partial charge in [-0.1, -0.05) is 29.3 Å². The van der Waals surface area contributed by atoms with E-state index in [0.29, 0.717) is 33.3 Å². The summed E-state index contributed by atoms with van der Waals surface area (Å²) in [6.07, 6.45) is 0. The fraction of sp³-hybridized carbons (Fsp3) is 0.130. The first kappa shape index (κ1) is 21.9. The molecule has 7 nitrogen and oxygen atoms in total. The number of fused-ring (bicyclic) bond motifs is 1. The largest absolute Gasteiger partial charge is 0.454 e. The predicted molar refractivity (Wildman–Crippen MR) is 121 cm³/mol. The Morgan fingerprint density at radius 2 is 1.62 bits per heavy atom. The number of hydrogen-bond donors (Lipinski definition) is 2. The smallest absolute Gasteiger partial charge is 0.328 e. The number of ketones is 1. The maximum Gasteiger partial charge on any atom is 0.328 e. The maximum absolute atomic E-state index is 13.1. The number of benzene rings is 3. The van der Waals surface area contributed by atoms with Crippen LogP contribution in [0.5, 0.6) is 11.5 Å². The van der Waals surface area contributed by atoms with Crippen LogP contribution in [0.15, 0.2) is 65.6 Å². The van der Waals surface area contributed by atoms with Gasteiger partial charge >= 0.3 is 10.0 Å². The fourth-order valence-electron chi connectivity index (χ4n) is 3.16. The van der Waals surface area contributed by atoms with Crippen molar-refractivity contribution < 1.29 is 27.1 Å². The van der Waals surface area contributed by atoms with Crippen LogP contribution >= 0.6 is 11.6 Å². The molecule has 164 valence electrons. The van der Waals surface area contributed by atoms with E-state index in [2.05, 4.69) is 9.71 Å². The number of ether oxygens (including phenoxy) is 2. The number of carbonyl (C=O) groups is 1. The van der Waals surface area contributed by atoms with E-state index in [9.17, 15) is 13.2 Å². The molecule has 4 rings (SSSR count). The molecule has 3 aromatic carbocycles. The minimum atomic E-state index is -3.92. The zero-order valence-electron chi connectivity index (χ0n) is 17.3. The third-order valence-electron chi connectivity index (χ3n) is 4.85. The lowest BCUT2D eigenvalue weighted by atomic mass is 10.1. The van der Waals surface area contributed by atoms with Gasteiger partial charge in [0, 0.05) is 11.1 Å². The van der Waals surface area contributed by atoms with Crippen LogP contribution in [0.25, 0.3) is 0 Å². The van der Waals surface area contributed by atoms with Crippen LogP contribution in [0.2, 0.25) is 5.02 Å². The summed E-state index contributed by atoms with van der Waals surface area (Å²) in [6, 6.07) is 16.3. The van der Waals surface area contributed by atoms with Gasteiger partial charge in [-0.3, -0.25) is 4.79 Å². The minimum absolute atomic E-state index is 0.0456. The molecule has 9 heteroatoms. The van der Waals surface area contributed by atoms with Crippen molar-refractivity contribution in [1.29, 1.82) is 0 Å². The van der Waals surface area contributed by atoms with Gasteiger partial charge < -0.3 is 9.47 Å². The van der Waals surface area contributed by atoms with Crippen molar-refractivity contribution in [3.8, 4) is 11.5 Å². The summed E-state index contributed by atoms with van der Waals surface area (Å²) in [5.41, 5.74) is 2.17. The summed E-state index contributed by atoms with van der Waals surface area (Å²) in [5, 5.41) is 3.56. The maximum atomic E-state index is 13.1. The van der Waals surface area contributed by atoms with E-state index in [4.69, 9.17) is 21.1 Å². The van der Waals surface area contributed by atoms with Crippen LogP contribution in [0.4, 0.5) is 5.69 Å². The lowest BCUT2D eigenvalue weighted by Crippen LogP contribution is -2.78. The number of amidine groups is 1. The highest BCUT2D eigenvalue weighted by Crippen LogP contribution is 2.37. The molecular weight excluding hydrogens is 452 g/mol. The van der Waals surface area contributed by atoms with Crippen molar-refractivity contribution in [3.05, 3.63) is 82.4 Å². The highest BCUT2D eigenvalue weighted by Gasteiger charge is 2.25. The first-order chi connectivity index (χ1) is 15.2. The summed E-state index contributed by atoms with van der Waals surface area (Å²) in [7, 11) is -3.92. The highest BCUT2D eigenvalue weighted by atomic mass is 35.5. The van der Waals surface area contributed by atoms with E-state index >= 15 is 0 Å².